The lowest BCUT2D eigenvalue weighted by molar-refractivity contribution is -0.119. The van der Waals surface area contributed by atoms with Crippen LogP contribution in [0.15, 0.2) is 0 Å². The Balaban J connectivity index is 0.00000144. The van der Waals surface area contributed by atoms with Gasteiger partial charge in [-0.15, -0.1) is 12.4 Å². The lowest BCUT2D eigenvalue weighted by Crippen LogP contribution is -2.46. The summed E-state index contributed by atoms with van der Waals surface area (Å²) in [5.74, 6) is 0.0603. The zero-order valence-electron chi connectivity index (χ0n) is 8.01. The van der Waals surface area contributed by atoms with E-state index in [4.69, 9.17) is 0 Å². The van der Waals surface area contributed by atoms with Crippen molar-refractivity contribution in [1.82, 2.24) is 15.5 Å². The average Bonchev–Trinajstić information content (AvgIpc) is 2.05. The second-order valence-corrected chi connectivity index (χ2v) is 3.07. The number of nitrogens with one attached hydrogen (secondary N) is 2. The van der Waals surface area contributed by atoms with Crippen molar-refractivity contribution in [1.29, 1.82) is 0 Å². The van der Waals surface area contributed by atoms with Crippen molar-refractivity contribution in [2.75, 3.05) is 39.3 Å². The summed E-state index contributed by atoms with van der Waals surface area (Å²) in [4.78, 5) is 12.9. The van der Waals surface area contributed by atoms with Crippen molar-refractivity contribution in [3.8, 4) is 0 Å². The maximum atomic E-state index is 10.5. The van der Waals surface area contributed by atoms with Crippen molar-refractivity contribution in [2.45, 2.75) is 6.92 Å². The number of nitrogens with zero attached hydrogens (tertiary/aromatic N) is 1. The molecule has 0 aromatic heterocycles. The zero-order chi connectivity index (χ0) is 8.81. The summed E-state index contributed by atoms with van der Waals surface area (Å²) in [6.45, 7) is 7.63. The summed E-state index contributed by atoms with van der Waals surface area (Å²) in [5, 5.41) is 6.08. The maximum absolute atomic E-state index is 10.5. The van der Waals surface area contributed by atoms with Crippen LogP contribution >= 0.6 is 12.4 Å². The highest BCUT2D eigenvalue weighted by Gasteiger charge is 2.07. The van der Waals surface area contributed by atoms with Gasteiger partial charge in [0, 0.05) is 46.2 Å². The Morgan fingerprint density at radius 3 is 2.62 bits per heavy atom. The van der Waals surface area contributed by atoms with Crippen LogP contribution in [0.1, 0.15) is 6.92 Å². The second kappa shape index (κ2) is 7.12. The Morgan fingerprint density at radius 1 is 1.46 bits per heavy atom. The van der Waals surface area contributed by atoms with Crippen LogP contribution in [0.25, 0.3) is 0 Å². The highest BCUT2D eigenvalue weighted by atomic mass is 35.5. The quantitative estimate of drug-likeness (QED) is 0.653. The van der Waals surface area contributed by atoms with E-state index < -0.39 is 0 Å². The van der Waals surface area contributed by atoms with E-state index in [2.05, 4.69) is 15.5 Å². The zero-order valence-corrected chi connectivity index (χ0v) is 8.82. The fraction of sp³-hybridized carbons (Fsp3) is 0.875. The normalized spacial score (nSPS) is 17.6. The van der Waals surface area contributed by atoms with E-state index >= 15 is 0 Å². The van der Waals surface area contributed by atoms with Gasteiger partial charge in [-0.1, -0.05) is 0 Å². The van der Waals surface area contributed by atoms with Gasteiger partial charge in [0.2, 0.25) is 5.91 Å². The van der Waals surface area contributed by atoms with Crippen molar-refractivity contribution in [3.05, 3.63) is 0 Å². The number of amides is 1. The van der Waals surface area contributed by atoms with Gasteiger partial charge in [-0.2, -0.15) is 0 Å². The van der Waals surface area contributed by atoms with Gasteiger partial charge in [-0.05, 0) is 0 Å². The van der Waals surface area contributed by atoms with E-state index in [0.717, 1.165) is 39.3 Å². The number of hydrogen-bond donors (Lipinski definition) is 2. The minimum Gasteiger partial charge on any atom is -0.355 e. The molecule has 0 aromatic carbocycles. The number of carbonyl (C=O) groups is 1. The number of halogens is 1. The number of piperazine rings is 1. The van der Waals surface area contributed by atoms with E-state index in [9.17, 15) is 4.79 Å². The Hall–Kier alpha value is -0.320. The van der Waals surface area contributed by atoms with Gasteiger partial charge in [0.1, 0.15) is 0 Å². The van der Waals surface area contributed by atoms with Gasteiger partial charge in [-0.3, -0.25) is 9.69 Å². The molecule has 0 unspecified atom stereocenters. The molecule has 0 aromatic rings. The van der Waals surface area contributed by atoms with E-state index in [1.54, 1.807) is 6.92 Å². The first-order valence-corrected chi connectivity index (χ1v) is 4.46. The monoisotopic (exact) mass is 207 g/mol. The molecule has 1 amide bonds. The molecule has 0 bridgehead atoms. The topological polar surface area (TPSA) is 44.4 Å². The number of hydrogen-bond acceptors (Lipinski definition) is 3. The molecule has 1 saturated heterocycles. The molecule has 4 nitrogen and oxygen atoms in total. The molecule has 1 rings (SSSR count). The third kappa shape index (κ3) is 5.85. The van der Waals surface area contributed by atoms with Crippen LogP contribution in [0, 0.1) is 0 Å². The third-order valence-electron chi connectivity index (χ3n) is 2.01. The lowest BCUT2D eigenvalue weighted by atomic mass is 10.3. The first-order chi connectivity index (χ1) is 5.79. The molecule has 0 radical (unpaired) electrons. The van der Waals surface area contributed by atoms with Gasteiger partial charge >= 0.3 is 0 Å². The second-order valence-electron chi connectivity index (χ2n) is 3.07. The van der Waals surface area contributed by atoms with Crippen LogP contribution in [0.5, 0.6) is 0 Å². The molecular formula is C8H18ClN3O. The van der Waals surface area contributed by atoms with E-state index in [0.29, 0.717) is 0 Å². The van der Waals surface area contributed by atoms with Crippen molar-refractivity contribution >= 4 is 18.3 Å². The number of carbonyl (C=O) groups excluding carboxylic acids is 1. The van der Waals surface area contributed by atoms with Crippen LogP contribution in [0.3, 0.4) is 0 Å². The van der Waals surface area contributed by atoms with Gasteiger partial charge in [0.25, 0.3) is 0 Å². The van der Waals surface area contributed by atoms with Crippen molar-refractivity contribution in [3.63, 3.8) is 0 Å². The molecule has 5 heteroatoms. The molecule has 1 heterocycles. The molecule has 1 fully saturated rings. The Bertz CT molecular complexity index is 148. The molecule has 0 saturated carbocycles. The predicted molar refractivity (Wildman–Crippen MR) is 55.2 cm³/mol. The smallest absolute Gasteiger partial charge is 0.216 e. The Morgan fingerprint density at radius 2 is 2.08 bits per heavy atom. The van der Waals surface area contributed by atoms with Gasteiger partial charge in [0.15, 0.2) is 0 Å². The molecule has 1 aliphatic heterocycles. The summed E-state index contributed by atoms with van der Waals surface area (Å²) in [6, 6.07) is 0. The van der Waals surface area contributed by atoms with Crippen LogP contribution in [0.4, 0.5) is 0 Å². The first kappa shape index (κ1) is 12.7. The van der Waals surface area contributed by atoms with Crippen LogP contribution in [-0.4, -0.2) is 50.1 Å². The summed E-state index contributed by atoms with van der Waals surface area (Å²) < 4.78 is 0. The summed E-state index contributed by atoms with van der Waals surface area (Å²) >= 11 is 0. The highest BCUT2D eigenvalue weighted by Crippen LogP contribution is 1.89. The van der Waals surface area contributed by atoms with Gasteiger partial charge in [0.05, 0.1) is 0 Å². The molecule has 13 heavy (non-hydrogen) atoms. The summed E-state index contributed by atoms with van der Waals surface area (Å²) in [7, 11) is 0. The fourth-order valence-electron chi connectivity index (χ4n) is 1.32. The molecule has 2 N–H and O–H groups in total. The van der Waals surface area contributed by atoms with E-state index in [-0.39, 0.29) is 18.3 Å². The van der Waals surface area contributed by atoms with E-state index in [1.807, 2.05) is 0 Å². The molecular weight excluding hydrogens is 190 g/mol. The third-order valence-corrected chi connectivity index (χ3v) is 2.01. The van der Waals surface area contributed by atoms with E-state index in [1.165, 1.54) is 0 Å². The minimum atomic E-state index is 0. The predicted octanol–water partition coefficient (Wildman–Crippen LogP) is -0.550. The standard InChI is InChI=1S/C8H17N3O.ClH/c1-8(12)10-4-7-11-5-2-9-3-6-11;/h9H,2-7H2,1H3,(H,10,12);1H. The van der Waals surface area contributed by atoms with Crippen molar-refractivity contribution < 1.29 is 4.79 Å². The largest absolute Gasteiger partial charge is 0.355 e. The Labute approximate surface area is 85.5 Å². The average molecular weight is 208 g/mol. The van der Waals surface area contributed by atoms with Gasteiger partial charge in [-0.25, -0.2) is 0 Å². The molecule has 1 aliphatic rings. The first-order valence-electron chi connectivity index (χ1n) is 4.46. The molecule has 0 aliphatic carbocycles. The summed E-state index contributed by atoms with van der Waals surface area (Å²) in [5.41, 5.74) is 0. The highest BCUT2D eigenvalue weighted by molar-refractivity contribution is 5.85. The fourth-order valence-corrected chi connectivity index (χ4v) is 1.32. The molecule has 78 valence electrons. The summed E-state index contributed by atoms with van der Waals surface area (Å²) in [6.07, 6.45) is 0. The minimum absolute atomic E-state index is 0. The van der Waals surface area contributed by atoms with Crippen LogP contribution in [0.2, 0.25) is 0 Å². The van der Waals surface area contributed by atoms with Gasteiger partial charge < -0.3 is 10.6 Å². The molecule has 0 atom stereocenters. The van der Waals surface area contributed by atoms with Crippen molar-refractivity contribution in [2.24, 2.45) is 0 Å². The molecule has 0 spiro atoms. The SMILES string of the molecule is CC(=O)NCCN1CCNCC1.Cl. The lowest BCUT2D eigenvalue weighted by Gasteiger charge is -2.26. The maximum Gasteiger partial charge on any atom is 0.216 e. The van der Waals surface area contributed by atoms with Crippen LogP contribution in [-0.2, 0) is 4.79 Å². The van der Waals surface area contributed by atoms with Crippen LogP contribution < -0.4 is 10.6 Å². The number of rotatable bonds is 3. The Kier molecular flexibility index (Phi) is 6.94.